The van der Waals surface area contributed by atoms with Crippen LogP contribution < -0.4 is 20.9 Å². The standard InChI is InChI=1S/C26H31ClF4N6O2/c27-19-2-4-22(23(16-19)36-13-11-35(12-14-36)8-5-26(29,30)31)34-24(38)20-3-1-18(15-21(20)28)17-32-6-9-37-10-7-33-25(37)39/h1-4,15-16,32H,5-14,17H2,(H,33,39)(H,34,38). The predicted molar refractivity (Wildman–Crippen MR) is 142 cm³/mol. The first kappa shape index (κ1) is 28.9. The molecule has 2 saturated heterocycles. The Labute approximate surface area is 229 Å². The van der Waals surface area contributed by atoms with Crippen LogP contribution in [-0.4, -0.2) is 86.8 Å². The van der Waals surface area contributed by atoms with Crippen LogP contribution in [0.3, 0.4) is 0 Å². The molecular weight excluding hydrogens is 540 g/mol. The maximum atomic E-state index is 14.9. The molecule has 0 bridgehead atoms. The van der Waals surface area contributed by atoms with Crippen molar-refractivity contribution in [1.29, 1.82) is 0 Å². The normalized spacial score (nSPS) is 16.5. The molecule has 4 rings (SSSR count). The van der Waals surface area contributed by atoms with Crippen LogP contribution in [0, 0.1) is 5.82 Å². The highest BCUT2D eigenvalue weighted by Crippen LogP contribution is 2.31. The Balaban J connectivity index is 1.33. The highest BCUT2D eigenvalue weighted by atomic mass is 35.5. The Morgan fingerprint density at radius 1 is 1.03 bits per heavy atom. The lowest BCUT2D eigenvalue weighted by Gasteiger charge is -2.37. The molecule has 0 atom stereocenters. The average molecular weight is 571 g/mol. The summed E-state index contributed by atoms with van der Waals surface area (Å²) in [6.45, 7) is 4.49. The van der Waals surface area contributed by atoms with Gasteiger partial charge in [-0.15, -0.1) is 0 Å². The van der Waals surface area contributed by atoms with Crippen molar-refractivity contribution in [3.05, 3.63) is 58.4 Å². The molecule has 2 fully saturated rings. The molecule has 0 aliphatic carbocycles. The summed E-state index contributed by atoms with van der Waals surface area (Å²) in [6, 6.07) is 9.21. The SMILES string of the molecule is O=C(Nc1ccc(Cl)cc1N1CCN(CCC(F)(F)F)CC1)c1ccc(CNCCN2CCNC2=O)cc1F. The quantitative estimate of drug-likeness (QED) is 0.298. The summed E-state index contributed by atoms with van der Waals surface area (Å²) < 4.78 is 52.5. The van der Waals surface area contributed by atoms with Crippen molar-refractivity contribution in [3.8, 4) is 0 Å². The molecule has 8 nitrogen and oxygen atoms in total. The summed E-state index contributed by atoms with van der Waals surface area (Å²) in [5.74, 6) is -1.29. The lowest BCUT2D eigenvalue weighted by molar-refractivity contribution is -0.138. The van der Waals surface area contributed by atoms with Crippen molar-refractivity contribution in [2.24, 2.45) is 0 Å². The molecule has 3 N–H and O–H groups in total. The smallest absolute Gasteiger partial charge is 0.367 e. The van der Waals surface area contributed by atoms with Gasteiger partial charge in [0, 0.05) is 70.5 Å². The van der Waals surface area contributed by atoms with Crippen molar-refractivity contribution in [1.82, 2.24) is 20.4 Å². The molecule has 2 aromatic carbocycles. The van der Waals surface area contributed by atoms with Crippen molar-refractivity contribution in [2.45, 2.75) is 19.1 Å². The molecule has 0 saturated carbocycles. The van der Waals surface area contributed by atoms with Crippen molar-refractivity contribution >= 4 is 34.9 Å². The van der Waals surface area contributed by atoms with Gasteiger partial charge in [-0.05, 0) is 35.9 Å². The van der Waals surface area contributed by atoms with E-state index in [1.54, 1.807) is 34.1 Å². The molecule has 0 spiro atoms. The number of halogens is 5. The average Bonchev–Trinajstić information content (AvgIpc) is 3.30. The number of anilines is 2. The van der Waals surface area contributed by atoms with Crippen LogP contribution in [0.4, 0.5) is 33.7 Å². The van der Waals surface area contributed by atoms with Gasteiger partial charge in [-0.1, -0.05) is 17.7 Å². The zero-order chi connectivity index (χ0) is 28.0. The molecule has 13 heteroatoms. The van der Waals surface area contributed by atoms with Crippen LogP contribution in [0.15, 0.2) is 36.4 Å². The minimum atomic E-state index is -4.20. The van der Waals surface area contributed by atoms with E-state index >= 15 is 0 Å². The van der Waals surface area contributed by atoms with E-state index in [9.17, 15) is 27.2 Å². The number of nitrogens with one attached hydrogen (secondary N) is 3. The van der Waals surface area contributed by atoms with Gasteiger partial charge in [0.2, 0.25) is 0 Å². The fourth-order valence-electron chi connectivity index (χ4n) is 4.58. The van der Waals surface area contributed by atoms with Gasteiger partial charge >= 0.3 is 12.2 Å². The summed E-state index contributed by atoms with van der Waals surface area (Å²) in [6.07, 6.45) is -5.05. The number of alkyl halides is 3. The lowest BCUT2D eigenvalue weighted by atomic mass is 10.1. The number of carbonyl (C=O) groups excluding carboxylic acids is 2. The lowest BCUT2D eigenvalue weighted by Crippen LogP contribution is -2.47. The van der Waals surface area contributed by atoms with Gasteiger partial charge in [0.25, 0.3) is 5.91 Å². The molecular formula is C26H31ClF4N6O2. The number of piperazine rings is 1. The second-order valence-electron chi connectivity index (χ2n) is 9.52. The van der Waals surface area contributed by atoms with E-state index in [1.165, 1.54) is 12.1 Å². The van der Waals surface area contributed by atoms with Crippen molar-refractivity contribution < 1.29 is 27.2 Å². The second-order valence-corrected chi connectivity index (χ2v) is 9.96. The Hall–Kier alpha value is -3.09. The number of hydrogen-bond acceptors (Lipinski definition) is 5. The number of amides is 3. The Kier molecular flexibility index (Phi) is 9.52. The Morgan fingerprint density at radius 3 is 2.46 bits per heavy atom. The summed E-state index contributed by atoms with van der Waals surface area (Å²) in [7, 11) is 0. The topological polar surface area (TPSA) is 80.0 Å². The Bertz CT molecular complexity index is 1170. The van der Waals surface area contributed by atoms with Gasteiger partial charge in [-0.2, -0.15) is 13.2 Å². The molecule has 2 aliphatic rings. The number of benzene rings is 2. The second kappa shape index (κ2) is 12.8. The number of nitrogens with zero attached hydrogens (tertiary/aromatic N) is 3. The number of hydrogen-bond donors (Lipinski definition) is 3. The largest absolute Gasteiger partial charge is 0.390 e. The molecule has 0 radical (unpaired) electrons. The van der Waals surface area contributed by atoms with E-state index in [0.29, 0.717) is 80.9 Å². The van der Waals surface area contributed by atoms with E-state index in [0.717, 1.165) is 0 Å². The van der Waals surface area contributed by atoms with Gasteiger partial charge in [0.15, 0.2) is 0 Å². The molecule has 2 aromatic rings. The first-order valence-electron chi connectivity index (χ1n) is 12.8. The van der Waals surface area contributed by atoms with Crippen molar-refractivity contribution in [3.63, 3.8) is 0 Å². The first-order valence-corrected chi connectivity index (χ1v) is 13.1. The summed E-state index contributed by atoms with van der Waals surface area (Å²) in [5, 5.41) is 9.09. The minimum Gasteiger partial charge on any atom is -0.367 e. The van der Waals surface area contributed by atoms with Crippen LogP contribution in [0.25, 0.3) is 0 Å². The molecule has 0 unspecified atom stereocenters. The molecule has 212 valence electrons. The van der Waals surface area contributed by atoms with Crippen LogP contribution in [0.5, 0.6) is 0 Å². The van der Waals surface area contributed by atoms with Gasteiger partial charge in [-0.25, -0.2) is 9.18 Å². The van der Waals surface area contributed by atoms with E-state index in [4.69, 9.17) is 11.6 Å². The van der Waals surface area contributed by atoms with Crippen LogP contribution in [0.2, 0.25) is 5.02 Å². The van der Waals surface area contributed by atoms with E-state index in [1.807, 2.05) is 4.90 Å². The third-order valence-corrected chi connectivity index (χ3v) is 6.98. The Morgan fingerprint density at radius 2 is 1.79 bits per heavy atom. The highest BCUT2D eigenvalue weighted by molar-refractivity contribution is 6.31. The minimum absolute atomic E-state index is 0.0587. The zero-order valence-electron chi connectivity index (χ0n) is 21.3. The molecule has 2 aliphatic heterocycles. The molecule has 2 heterocycles. The number of urea groups is 1. The zero-order valence-corrected chi connectivity index (χ0v) is 22.0. The summed E-state index contributed by atoms with van der Waals surface area (Å²) in [4.78, 5) is 29.9. The maximum Gasteiger partial charge on any atom is 0.390 e. The molecule has 39 heavy (non-hydrogen) atoms. The van der Waals surface area contributed by atoms with Crippen molar-refractivity contribution in [2.75, 3.05) is 69.1 Å². The van der Waals surface area contributed by atoms with Crippen LogP contribution in [0.1, 0.15) is 22.3 Å². The molecule has 0 aromatic heterocycles. The van der Waals surface area contributed by atoms with Crippen LogP contribution >= 0.6 is 11.6 Å². The predicted octanol–water partition coefficient (Wildman–Crippen LogP) is 3.92. The highest BCUT2D eigenvalue weighted by Gasteiger charge is 2.29. The van der Waals surface area contributed by atoms with Crippen LogP contribution in [-0.2, 0) is 6.54 Å². The number of rotatable bonds is 10. The van der Waals surface area contributed by atoms with E-state index in [-0.39, 0.29) is 18.1 Å². The van der Waals surface area contributed by atoms with E-state index < -0.39 is 24.3 Å². The summed E-state index contributed by atoms with van der Waals surface area (Å²) in [5.41, 5.74) is 1.60. The first-order chi connectivity index (χ1) is 18.6. The van der Waals surface area contributed by atoms with Gasteiger partial charge in [-0.3, -0.25) is 9.69 Å². The third-order valence-electron chi connectivity index (χ3n) is 6.74. The monoisotopic (exact) mass is 570 g/mol. The van der Waals surface area contributed by atoms with E-state index in [2.05, 4.69) is 16.0 Å². The maximum absolute atomic E-state index is 14.9. The summed E-state index contributed by atoms with van der Waals surface area (Å²) >= 11 is 6.19. The third kappa shape index (κ3) is 8.20. The van der Waals surface area contributed by atoms with Gasteiger partial charge in [0.05, 0.1) is 23.4 Å². The van der Waals surface area contributed by atoms with Gasteiger partial charge < -0.3 is 25.8 Å². The molecule has 3 amide bonds. The van der Waals surface area contributed by atoms with Gasteiger partial charge in [0.1, 0.15) is 5.82 Å². The fraction of sp³-hybridized carbons (Fsp3) is 0.462. The fourth-order valence-corrected chi connectivity index (χ4v) is 4.75. The number of carbonyl (C=O) groups is 2.